The minimum Gasteiger partial charge on any atom is -0.478 e. The maximum atomic E-state index is 10.5. The number of hydrogen-bond donors (Lipinski definition) is 2. The number of halogens is 2. The van der Waals surface area contributed by atoms with Gasteiger partial charge in [0.25, 0.3) is 0 Å². The Kier molecular flexibility index (Phi) is 2.40. The van der Waals surface area contributed by atoms with Gasteiger partial charge in [-0.2, -0.15) is 0 Å². The van der Waals surface area contributed by atoms with Crippen LogP contribution < -0.4 is 5.73 Å². The maximum absolute atomic E-state index is 10.5. The van der Waals surface area contributed by atoms with Crippen molar-refractivity contribution >= 4 is 34.9 Å². The van der Waals surface area contributed by atoms with Crippen LogP contribution >= 0.6 is 23.2 Å². The Labute approximate surface area is 77.9 Å². The van der Waals surface area contributed by atoms with Gasteiger partial charge in [0.05, 0.1) is 16.9 Å². The van der Waals surface area contributed by atoms with E-state index in [1.54, 1.807) is 0 Å². The number of aromatic nitrogens is 1. The molecule has 1 heterocycles. The summed E-state index contributed by atoms with van der Waals surface area (Å²) in [5, 5.41) is 8.36. The van der Waals surface area contributed by atoms with Crippen LogP contribution in [-0.2, 0) is 0 Å². The summed E-state index contributed by atoms with van der Waals surface area (Å²) < 4.78 is 0. The van der Waals surface area contributed by atoms with E-state index in [2.05, 4.69) is 4.98 Å². The first kappa shape index (κ1) is 9.09. The Hall–Kier alpha value is -1.00. The van der Waals surface area contributed by atoms with E-state index in [0.717, 1.165) is 0 Å². The summed E-state index contributed by atoms with van der Waals surface area (Å²) in [6.07, 6.45) is 1.21. The molecule has 0 fully saturated rings. The monoisotopic (exact) mass is 206 g/mol. The van der Waals surface area contributed by atoms with Crippen molar-refractivity contribution in [2.24, 2.45) is 0 Å². The molecule has 1 aromatic rings. The highest BCUT2D eigenvalue weighted by Crippen LogP contribution is 2.27. The van der Waals surface area contributed by atoms with Crippen LogP contribution in [0, 0.1) is 0 Å². The van der Waals surface area contributed by atoms with Crippen LogP contribution in [0.15, 0.2) is 6.20 Å². The Morgan fingerprint density at radius 2 is 2.17 bits per heavy atom. The molecule has 0 unspecified atom stereocenters. The smallest absolute Gasteiger partial charge is 0.340 e. The standard InChI is InChI=1S/C6H4Cl2N2O2/c7-4-2(9)1-10-5(8)3(4)6(11)12/h1H,9H2,(H,11,12). The molecule has 0 amide bonds. The molecule has 0 atom stereocenters. The number of carboxylic acid groups (broad SMARTS) is 1. The molecule has 1 rings (SSSR count). The fraction of sp³-hybridized carbons (Fsp3) is 0. The van der Waals surface area contributed by atoms with Crippen LogP contribution in [0.25, 0.3) is 0 Å². The third-order valence-electron chi connectivity index (χ3n) is 1.21. The number of carboxylic acids is 1. The topological polar surface area (TPSA) is 76.2 Å². The normalized spacial score (nSPS) is 9.83. The van der Waals surface area contributed by atoms with E-state index in [0.29, 0.717) is 0 Å². The summed E-state index contributed by atoms with van der Waals surface area (Å²) in [5.41, 5.74) is 5.14. The number of rotatable bonds is 1. The van der Waals surface area contributed by atoms with Gasteiger partial charge in [-0.15, -0.1) is 0 Å². The second-order valence-electron chi connectivity index (χ2n) is 2.00. The Morgan fingerprint density at radius 3 is 2.58 bits per heavy atom. The van der Waals surface area contributed by atoms with Crippen molar-refractivity contribution in [2.75, 3.05) is 5.73 Å². The number of hydrogen-bond acceptors (Lipinski definition) is 3. The van der Waals surface area contributed by atoms with E-state index in [9.17, 15) is 4.79 Å². The van der Waals surface area contributed by atoms with Crippen LogP contribution in [0.4, 0.5) is 5.69 Å². The van der Waals surface area contributed by atoms with Gasteiger partial charge < -0.3 is 10.8 Å². The van der Waals surface area contributed by atoms with E-state index < -0.39 is 5.97 Å². The van der Waals surface area contributed by atoms with Crippen molar-refractivity contribution in [3.63, 3.8) is 0 Å². The van der Waals surface area contributed by atoms with Crippen LogP contribution in [0.5, 0.6) is 0 Å². The number of pyridine rings is 1. The summed E-state index contributed by atoms with van der Waals surface area (Å²) in [4.78, 5) is 14.1. The molecule has 0 radical (unpaired) electrons. The van der Waals surface area contributed by atoms with Gasteiger partial charge in [-0.3, -0.25) is 0 Å². The maximum Gasteiger partial charge on any atom is 0.340 e. The summed E-state index contributed by atoms with van der Waals surface area (Å²) in [6, 6.07) is 0. The average Bonchev–Trinajstić information content (AvgIpc) is 1.97. The van der Waals surface area contributed by atoms with E-state index in [1.165, 1.54) is 6.20 Å². The van der Waals surface area contributed by atoms with Crippen LogP contribution in [0.3, 0.4) is 0 Å². The van der Waals surface area contributed by atoms with Gasteiger partial charge in [0, 0.05) is 0 Å². The SMILES string of the molecule is Nc1cnc(Cl)c(C(=O)O)c1Cl. The second-order valence-corrected chi connectivity index (χ2v) is 2.73. The lowest BCUT2D eigenvalue weighted by Crippen LogP contribution is -2.02. The van der Waals surface area contributed by atoms with Crippen molar-refractivity contribution in [2.45, 2.75) is 0 Å². The van der Waals surface area contributed by atoms with Crippen molar-refractivity contribution in [1.29, 1.82) is 0 Å². The number of anilines is 1. The molecule has 0 aliphatic carbocycles. The molecule has 6 heteroatoms. The minimum atomic E-state index is -1.25. The molecule has 4 nitrogen and oxygen atoms in total. The number of aromatic carboxylic acids is 1. The highest BCUT2D eigenvalue weighted by Gasteiger charge is 2.16. The van der Waals surface area contributed by atoms with E-state index in [1.807, 2.05) is 0 Å². The zero-order valence-electron chi connectivity index (χ0n) is 5.71. The summed E-state index contributed by atoms with van der Waals surface area (Å²) in [5.74, 6) is -1.25. The van der Waals surface area contributed by atoms with E-state index >= 15 is 0 Å². The van der Waals surface area contributed by atoms with Gasteiger partial charge in [0.1, 0.15) is 10.7 Å². The molecule has 0 saturated heterocycles. The van der Waals surface area contributed by atoms with Gasteiger partial charge in [-0.1, -0.05) is 23.2 Å². The molecule has 0 aromatic carbocycles. The molecule has 3 N–H and O–H groups in total. The number of nitrogen functional groups attached to an aromatic ring is 1. The zero-order valence-corrected chi connectivity index (χ0v) is 7.23. The van der Waals surface area contributed by atoms with Crippen LogP contribution in [0.1, 0.15) is 10.4 Å². The van der Waals surface area contributed by atoms with E-state index in [4.69, 9.17) is 34.0 Å². The van der Waals surface area contributed by atoms with Crippen LogP contribution in [0.2, 0.25) is 10.2 Å². The molecule has 1 aromatic heterocycles. The molecular formula is C6H4Cl2N2O2. The molecule has 0 saturated carbocycles. The van der Waals surface area contributed by atoms with Crippen molar-refractivity contribution in [3.8, 4) is 0 Å². The Bertz CT molecular complexity index is 341. The second kappa shape index (κ2) is 3.16. The number of nitrogens with two attached hydrogens (primary N) is 1. The first-order valence-electron chi connectivity index (χ1n) is 2.86. The predicted octanol–water partition coefficient (Wildman–Crippen LogP) is 1.67. The molecule has 0 aliphatic rings. The molecule has 0 spiro atoms. The van der Waals surface area contributed by atoms with Crippen molar-refractivity contribution in [1.82, 2.24) is 4.98 Å². The van der Waals surface area contributed by atoms with Gasteiger partial charge in [0.2, 0.25) is 0 Å². The number of carbonyl (C=O) groups is 1. The van der Waals surface area contributed by atoms with Gasteiger partial charge >= 0.3 is 5.97 Å². The lowest BCUT2D eigenvalue weighted by molar-refractivity contribution is 0.0697. The first-order valence-corrected chi connectivity index (χ1v) is 3.62. The molecular weight excluding hydrogens is 203 g/mol. The van der Waals surface area contributed by atoms with Crippen molar-refractivity contribution < 1.29 is 9.90 Å². The Balaban J connectivity index is 3.43. The van der Waals surface area contributed by atoms with Crippen LogP contribution in [-0.4, -0.2) is 16.1 Å². The third kappa shape index (κ3) is 1.44. The van der Waals surface area contributed by atoms with Gasteiger partial charge in [-0.25, -0.2) is 9.78 Å². The third-order valence-corrected chi connectivity index (χ3v) is 1.90. The molecule has 0 bridgehead atoms. The van der Waals surface area contributed by atoms with Gasteiger partial charge in [-0.05, 0) is 0 Å². The largest absolute Gasteiger partial charge is 0.478 e. The summed E-state index contributed by atoms with van der Waals surface area (Å²) >= 11 is 11.0. The lowest BCUT2D eigenvalue weighted by Gasteiger charge is -2.02. The molecule has 0 aliphatic heterocycles. The first-order chi connectivity index (χ1) is 5.54. The molecule has 64 valence electrons. The predicted molar refractivity (Wildman–Crippen MR) is 45.6 cm³/mol. The van der Waals surface area contributed by atoms with Crippen molar-refractivity contribution in [3.05, 3.63) is 21.9 Å². The molecule has 12 heavy (non-hydrogen) atoms. The Morgan fingerprint density at radius 1 is 1.58 bits per heavy atom. The van der Waals surface area contributed by atoms with E-state index in [-0.39, 0.29) is 21.4 Å². The zero-order chi connectivity index (χ0) is 9.30. The fourth-order valence-electron chi connectivity index (χ4n) is 0.664. The average molecular weight is 207 g/mol. The minimum absolute atomic E-state index is 0.0810. The number of nitrogens with zero attached hydrogens (tertiary/aromatic N) is 1. The highest BCUT2D eigenvalue weighted by molar-refractivity contribution is 6.40. The summed E-state index contributed by atoms with van der Waals surface area (Å²) in [6.45, 7) is 0. The van der Waals surface area contributed by atoms with Gasteiger partial charge in [0.15, 0.2) is 0 Å². The highest BCUT2D eigenvalue weighted by atomic mass is 35.5. The fourth-order valence-corrected chi connectivity index (χ4v) is 1.16. The quantitative estimate of drug-likeness (QED) is 0.686. The summed E-state index contributed by atoms with van der Waals surface area (Å²) in [7, 11) is 0. The lowest BCUT2D eigenvalue weighted by atomic mass is 10.2.